The summed E-state index contributed by atoms with van der Waals surface area (Å²) in [4.78, 5) is 11.7. The van der Waals surface area contributed by atoms with Gasteiger partial charge in [-0.1, -0.05) is 23.7 Å². The zero-order valence-corrected chi connectivity index (χ0v) is 11.3. The molecule has 0 aliphatic carbocycles. The third-order valence-corrected chi connectivity index (χ3v) is 3.84. The first kappa shape index (κ1) is 13.9. The molecular formula is C14H10ClFO2S. The molecule has 0 saturated heterocycles. The smallest absolute Gasteiger partial charge is 0.335 e. The fraction of sp³-hybridized carbons (Fsp3) is 0.0714. The van der Waals surface area contributed by atoms with Crippen LogP contribution in [0.25, 0.3) is 0 Å². The Morgan fingerprint density at radius 2 is 2.05 bits per heavy atom. The molecule has 0 amide bonds. The number of thioether (sulfide) groups is 1. The van der Waals surface area contributed by atoms with E-state index in [-0.39, 0.29) is 10.6 Å². The highest BCUT2D eigenvalue weighted by molar-refractivity contribution is 7.98. The lowest BCUT2D eigenvalue weighted by atomic mass is 10.2. The first-order chi connectivity index (χ1) is 9.06. The fourth-order valence-electron chi connectivity index (χ4n) is 1.51. The summed E-state index contributed by atoms with van der Waals surface area (Å²) >= 11 is 7.05. The van der Waals surface area contributed by atoms with Crippen molar-refractivity contribution in [2.75, 3.05) is 0 Å². The van der Waals surface area contributed by atoms with Crippen molar-refractivity contribution in [3.05, 3.63) is 64.4 Å². The second-order valence-corrected chi connectivity index (χ2v) is 5.33. The zero-order valence-electron chi connectivity index (χ0n) is 9.77. The summed E-state index contributed by atoms with van der Waals surface area (Å²) < 4.78 is 13.3. The van der Waals surface area contributed by atoms with Gasteiger partial charge < -0.3 is 5.11 Å². The number of carbonyl (C=O) groups is 1. The number of carboxylic acids is 1. The minimum atomic E-state index is -0.958. The molecule has 0 bridgehead atoms. The van der Waals surface area contributed by atoms with Crippen LogP contribution < -0.4 is 0 Å². The summed E-state index contributed by atoms with van der Waals surface area (Å²) in [6.07, 6.45) is 0. The van der Waals surface area contributed by atoms with Gasteiger partial charge in [0.25, 0.3) is 0 Å². The van der Waals surface area contributed by atoms with E-state index in [2.05, 4.69) is 0 Å². The molecule has 0 atom stereocenters. The predicted molar refractivity (Wildman–Crippen MR) is 74.4 cm³/mol. The molecule has 2 nitrogen and oxygen atoms in total. The second-order valence-electron chi connectivity index (χ2n) is 3.87. The van der Waals surface area contributed by atoms with Crippen LogP contribution in [0.5, 0.6) is 0 Å². The van der Waals surface area contributed by atoms with Crippen LogP contribution in [-0.2, 0) is 5.75 Å². The van der Waals surface area contributed by atoms with Gasteiger partial charge in [0, 0.05) is 10.6 Å². The molecular weight excluding hydrogens is 287 g/mol. The fourth-order valence-corrected chi connectivity index (χ4v) is 2.53. The van der Waals surface area contributed by atoms with Crippen LogP contribution in [0.15, 0.2) is 47.4 Å². The van der Waals surface area contributed by atoms with Crippen molar-refractivity contribution in [3.63, 3.8) is 0 Å². The van der Waals surface area contributed by atoms with Crippen LogP contribution in [0.4, 0.5) is 4.39 Å². The first-order valence-corrected chi connectivity index (χ1v) is 6.83. The number of hydrogen-bond donors (Lipinski definition) is 1. The Morgan fingerprint density at radius 1 is 1.26 bits per heavy atom. The third kappa shape index (κ3) is 3.72. The highest BCUT2D eigenvalue weighted by Gasteiger charge is 2.05. The van der Waals surface area contributed by atoms with Gasteiger partial charge in [0.15, 0.2) is 0 Å². The molecule has 0 aliphatic rings. The van der Waals surface area contributed by atoms with E-state index in [4.69, 9.17) is 16.7 Å². The number of carboxylic acid groups (broad SMARTS) is 1. The summed E-state index contributed by atoms with van der Waals surface area (Å²) in [5.74, 6) is -0.851. The summed E-state index contributed by atoms with van der Waals surface area (Å²) in [6, 6.07) is 11.3. The lowest BCUT2D eigenvalue weighted by Crippen LogP contribution is -1.95. The second kappa shape index (κ2) is 6.08. The van der Waals surface area contributed by atoms with Crippen molar-refractivity contribution < 1.29 is 14.3 Å². The minimum Gasteiger partial charge on any atom is -0.478 e. The molecule has 1 N–H and O–H groups in total. The molecule has 0 aliphatic heterocycles. The summed E-state index contributed by atoms with van der Waals surface area (Å²) in [6.45, 7) is 0. The Labute approximate surface area is 119 Å². The van der Waals surface area contributed by atoms with E-state index in [0.29, 0.717) is 5.75 Å². The highest BCUT2D eigenvalue weighted by atomic mass is 35.5. The Balaban J connectivity index is 2.07. The van der Waals surface area contributed by atoms with Gasteiger partial charge in [-0.25, -0.2) is 9.18 Å². The van der Waals surface area contributed by atoms with Crippen LogP contribution in [0.3, 0.4) is 0 Å². The molecule has 2 aromatic rings. The van der Waals surface area contributed by atoms with Crippen molar-refractivity contribution >= 4 is 29.3 Å². The monoisotopic (exact) mass is 296 g/mol. The van der Waals surface area contributed by atoms with Crippen LogP contribution in [0.1, 0.15) is 15.9 Å². The maximum atomic E-state index is 13.3. The van der Waals surface area contributed by atoms with Crippen molar-refractivity contribution in [1.82, 2.24) is 0 Å². The van der Waals surface area contributed by atoms with E-state index in [1.165, 1.54) is 30.0 Å². The standard InChI is InChI=1S/C14H10ClFO2S/c15-12-5-4-9(6-13(12)16)8-19-11-3-1-2-10(7-11)14(17)18/h1-7H,8H2,(H,17,18). The first-order valence-electron chi connectivity index (χ1n) is 5.46. The predicted octanol–water partition coefficient (Wildman–Crippen LogP) is 4.47. The molecule has 0 unspecified atom stereocenters. The number of benzene rings is 2. The summed E-state index contributed by atoms with van der Waals surface area (Å²) in [7, 11) is 0. The minimum absolute atomic E-state index is 0.0987. The number of aromatic carboxylic acids is 1. The summed E-state index contributed by atoms with van der Waals surface area (Å²) in [5.41, 5.74) is 1.04. The maximum absolute atomic E-state index is 13.3. The molecule has 0 saturated carbocycles. The third-order valence-electron chi connectivity index (χ3n) is 2.47. The van der Waals surface area contributed by atoms with Gasteiger partial charge in [0.1, 0.15) is 5.82 Å². The molecule has 0 aromatic heterocycles. The van der Waals surface area contributed by atoms with Gasteiger partial charge in [0.05, 0.1) is 10.6 Å². The van der Waals surface area contributed by atoms with Gasteiger partial charge >= 0.3 is 5.97 Å². The molecule has 19 heavy (non-hydrogen) atoms. The number of rotatable bonds is 4. The van der Waals surface area contributed by atoms with E-state index in [1.54, 1.807) is 18.2 Å². The Kier molecular flexibility index (Phi) is 4.45. The molecule has 0 radical (unpaired) electrons. The van der Waals surface area contributed by atoms with E-state index in [0.717, 1.165) is 10.5 Å². The Morgan fingerprint density at radius 3 is 2.74 bits per heavy atom. The molecule has 2 rings (SSSR count). The SMILES string of the molecule is O=C(O)c1cccc(SCc2ccc(Cl)c(F)c2)c1. The van der Waals surface area contributed by atoms with Crippen molar-refractivity contribution in [1.29, 1.82) is 0 Å². The van der Waals surface area contributed by atoms with Gasteiger partial charge in [-0.15, -0.1) is 11.8 Å². The lowest BCUT2D eigenvalue weighted by Gasteiger charge is -2.04. The normalized spacial score (nSPS) is 10.4. The van der Waals surface area contributed by atoms with Gasteiger partial charge in [0.2, 0.25) is 0 Å². The van der Waals surface area contributed by atoms with Crippen LogP contribution in [0.2, 0.25) is 5.02 Å². The maximum Gasteiger partial charge on any atom is 0.335 e. The molecule has 0 fully saturated rings. The lowest BCUT2D eigenvalue weighted by molar-refractivity contribution is 0.0696. The van der Waals surface area contributed by atoms with E-state index in [1.807, 2.05) is 6.07 Å². The largest absolute Gasteiger partial charge is 0.478 e. The average Bonchev–Trinajstić information content (AvgIpc) is 2.40. The molecule has 2 aromatic carbocycles. The zero-order chi connectivity index (χ0) is 13.8. The number of halogens is 2. The van der Waals surface area contributed by atoms with Crippen LogP contribution in [0, 0.1) is 5.82 Å². The molecule has 5 heteroatoms. The van der Waals surface area contributed by atoms with Crippen LogP contribution >= 0.6 is 23.4 Å². The van der Waals surface area contributed by atoms with Gasteiger partial charge in [-0.2, -0.15) is 0 Å². The Hall–Kier alpha value is -1.52. The van der Waals surface area contributed by atoms with E-state index >= 15 is 0 Å². The van der Waals surface area contributed by atoms with Crippen molar-refractivity contribution in [3.8, 4) is 0 Å². The topological polar surface area (TPSA) is 37.3 Å². The van der Waals surface area contributed by atoms with Gasteiger partial charge in [-0.05, 0) is 35.9 Å². The molecule has 0 heterocycles. The highest BCUT2D eigenvalue weighted by Crippen LogP contribution is 2.25. The van der Waals surface area contributed by atoms with Crippen LogP contribution in [-0.4, -0.2) is 11.1 Å². The average molecular weight is 297 g/mol. The van der Waals surface area contributed by atoms with Crippen molar-refractivity contribution in [2.45, 2.75) is 10.6 Å². The molecule has 0 spiro atoms. The summed E-state index contributed by atoms with van der Waals surface area (Å²) in [5, 5.41) is 8.99. The quantitative estimate of drug-likeness (QED) is 0.846. The van der Waals surface area contributed by atoms with Crippen molar-refractivity contribution in [2.24, 2.45) is 0 Å². The molecule has 98 valence electrons. The van der Waals surface area contributed by atoms with Gasteiger partial charge in [-0.3, -0.25) is 0 Å². The Bertz CT molecular complexity index is 616. The van der Waals surface area contributed by atoms with E-state index < -0.39 is 11.8 Å². The van der Waals surface area contributed by atoms with E-state index in [9.17, 15) is 9.18 Å². The number of hydrogen-bond acceptors (Lipinski definition) is 2.